The molecule has 3 aromatic heterocycles. The van der Waals surface area contributed by atoms with E-state index in [4.69, 9.17) is 4.52 Å². The lowest BCUT2D eigenvalue weighted by atomic mass is 10.2. The summed E-state index contributed by atoms with van der Waals surface area (Å²) in [6.45, 7) is 1.71. The van der Waals surface area contributed by atoms with E-state index in [2.05, 4.69) is 20.8 Å². The van der Waals surface area contributed by atoms with Crippen LogP contribution in [-0.2, 0) is 21.2 Å². The van der Waals surface area contributed by atoms with Crippen molar-refractivity contribution in [3.63, 3.8) is 0 Å². The fourth-order valence-corrected chi connectivity index (χ4v) is 5.24. The zero-order valence-corrected chi connectivity index (χ0v) is 19.5. The summed E-state index contributed by atoms with van der Waals surface area (Å²) in [5.74, 6) is -3.29. The molecular formula is C23H18F2N6O4S. The van der Waals surface area contributed by atoms with Crippen LogP contribution in [0.4, 0.5) is 14.6 Å². The normalized spacial score (nSPS) is 11.8. The summed E-state index contributed by atoms with van der Waals surface area (Å²) < 4.78 is 63.1. The van der Waals surface area contributed by atoms with Crippen LogP contribution >= 0.6 is 0 Å². The van der Waals surface area contributed by atoms with Crippen molar-refractivity contribution in [1.82, 2.24) is 24.7 Å². The van der Waals surface area contributed by atoms with Gasteiger partial charge >= 0.3 is 0 Å². The molecule has 0 atom stereocenters. The lowest BCUT2D eigenvalue weighted by Crippen LogP contribution is -2.23. The molecule has 1 N–H and O–H groups in total. The number of amides is 1. The van der Waals surface area contributed by atoms with Crippen molar-refractivity contribution in [2.24, 2.45) is 0 Å². The maximum atomic E-state index is 14.9. The van der Waals surface area contributed by atoms with E-state index in [0.29, 0.717) is 23.1 Å². The monoisotopic (exact) mass is 512 g/mol. The molecular weight excluding hydrogens is 494 g/mol. The van der Waals surface area contributed by atoms with Crippen molar-refractivity contribution in [1.29, 1.82) is 0 Å². The largest absolute Gasteiger partial charge is 0.360 e. The summed E-state index contributed by atoms with van der Waals surface area (Å²) in [6.07, 6.45) is 4.39. The summed E-state index contributed by atoms with van der Waals surface area (Å²) in [5, 5.41) is 13.3. The standard InChI is InChI=1S/C23H18F2N6O4S/c1-14-7-21(28-35-14)27-22(32)13-36(33,34)20-12-30(19-10-16(24)9-18(25)23(19)20)11-15-3-2-4-17(8-15)31-6-5-26-29-31/h2-10,12H,11,13H2,1H3,(H,27,28,32). The predicted molar refractivity (Wildman–Crippen MR) is 124 cm³/mol. The number of halogens is 2. The van der Waals surface area contributed by atoms with Crippen LogP contribution in [0.2, 0.25) is 0 Å². The number of nitrogens with zero attached hydrogens (tertiary/aromatic N) is 5. The second-order valence-corrected chi connectivity index (χ2v) is 10.0. The van der Waals surface area contributed by atoms with Crippen LogP contribution in [0.5, 0.6) is 0 Å². The first-order chi connectivity index (χ1) is 17.2. The van der Waals surface area contributed by atoms with Gasteiger partial charge in [-0.15, -0.1) is 5.10 Å². The summed E-state index contributed by atoms with van der Waals surface area (Å²) in [7, 11) is -4.33. The molecule has 3 heterocycles. The number of carbonyl (C=O) groups is 1. The van der Waals surface area contributed by atoms with Gasteiger partial charge in [0.25, 0.3) is 0 Å². The van der Waals surface area contributed by atoms with Gasteiger partial charge in [-0.25, -0.2) is 21.9 Å². The maximum absolute atomic E-state index is 14.9. The number of sulfone groups is 1. The first-order valence-corrected chi connectivity index (χ1v) is 12.2. The topological polar surface area (TPSA) is 125 Å². The van der Waals surface area contributed by atoms with E-state index in [1.54, 1.807) is 42.1 Å². The van der Waals surface area contributed by atoms with E-state index in [-0.39, 0.29) is 23.3 Å². The number of hydrogen-bond acceptors (Lipinski definition) is 7. The molecule has 0 saturated carbocycles. The molecule has 13 heteroatoms. The first-order valence-electron chi connectivity index (χ1n) is 10.6. The molecule has 0 aliphatic rings. The van der Waals surface area contributed by atoms with Gasteiger partial charge < -0.3 is 14.4 Å². The number of fused-ring (bicyclic) bond motifs is 1. The molecule has 0 aliphatic carbocycles. The van der Waals surface area contributed by atoms with Crippen LogP contribution in [-0.4, -0.2) is 44.8 Å². The zero-order chi connectivity index (χ0) is 25.4. The Bertz CT molecular complexity index is 1690. The molecule has 0 spiro atoms. The molecule has 0 unspecified atom stereocenters. The van der Waals surface area contributed by atoms with E-state index in [0.717, 1.165) is 6.07 Å². The number of aryl methyl sites for hydroxylation is 1. The third-order valence-electron chi connectivity index (χ3n) is 5.37. The Kier molecular flexibility index (Phi) is 5.84. The van der Waals surface area contributed by atoms with Gasteiger partial charge in [0.15, 0.2) is 15.7 Å². The van der Waals surface area contributed by atoms with E-state index >= 15 is 0 Å². The number of aromatic nitrogens is 5. The molecule has 184 valence electrons. The van der Waals surface area contributed by atoms with Gasteiger partial charge in [-0.3, -0.25) is 4.79 Å². The van der Waals surface area contributed by atoms with Gasteiger partial charge in [0.2, 0.25) is 5.91 Å². The number of nitrogens with one attached hydrogen (secondary N) is 1. The smallest absolute Gasteiger partial charge is 0.241 e. The van der Waals surface area contributed by atoms with Crippen LogP contribution in [0.3, 0.4) is 0 Å². The summed E-state index contributed by atoms with van der Waals surface area (Å²) in [5.41, 5.74) is 1.45. The summed E-state index contributed by atoms with van der Waals surface area (Å²) in [4.78, 5) is 12.0. The van der Waals surface area contributed by atoms with Gasteiger partial charge in [-0.1, -0.05) is 22.5 Å². The Morgan fingerprint density at radius 3 is 2.72 bits per heavy atom. The molecule has 1 amide bonds. The fourth-order valence-electron chi connectivity index (χ4n) is 3.87. The average Bonchev–Trinajstić information content (AvgIpc) is 3.55. The summed E-state index contributed by atoms with van der Waals surface area (Å²) >= 11 is 0. The Hall–Kier alpha value is -4.39. The highest BCUT2D eigenvalue weighted by Crippen LogP contribution is 2.31. The second kappa shape index (κ2) is 9.00. The lowest BCUT2D eigenvalue weighted by Gasteiger charge is -2.08. The molecule has 0 fully saturated rings. The van der Waals surface area contributed by atoms with Crippen LogP contribution in [0.15, 0.2) is 70.5 Å². The first kappa shape index (κ1) is 23.4. The minimum Gasteiger partial charge on any atom is -0.360 e. The van der Waals surface area contributed by atoms with Crippen molar-refractivity contribution in [2.45, 2.75) is 18.4 Å². The minimum atomic E-state index is -4.33. The van der Waals surface area contributed by atoms with Crippen LogP contribution in [0.1, 0.15) is 11.3 Å². The molecule has 0 radical (unpaired) electrons. The third kappa shape index (κ3) is 4.60. The number of benzene rings is 2. The van der Waals surface area contributed by atoms with Gasteiger partial charge in [0.05, 0.1) is 33.9 Å². The van der Waals surface area contributed by atoms with E-state index < -0.39 is 38.0 Å². The molecule has 5 rings (SSSR count). The number of carbonyl (C=O) groups excluding carboxylic acids is 1. The second-order valence-electron chi connectivity index (χ2n) is 8.05. The van der Waals surface area contributed by atoms with Crippen LogP contribution < -0.4 is 5.32 Å². The predicted octanol–water partition coefficient (Wildman–Crippen LogP) is 3.26. The quantitative estimate of drug-likeness (QED) is 0.355. The number of hydrogen-bond donors (Lipinski definition) is 1. The van der Waals surface area contributed by atoms with Gasteiger partial charge in [-0.05, 0) is 30.7 Å². The van der Waals surface area contributed by atoms with Crippen molar-refractivity contribution in [3.05, 3.63) is 84.0 Å². The minimum absolute atomic E-state index is 0.0322. The molecule has 5 aromatic rings. The average molecular weight is 512 g/mol. The lowest BCUT2D eigenvalue weighted by molar-refractivity contribution is -0.113. The van der Waals surface area contributed by atoms with Crippen molar-refractivity contribution >= 4 is 32.5 Å². The maximum Gasteiger partial charge on any atom is 0.241 e. The van der Waals surface area contributed by atoms with Crippen LogP contribution in [0, 0.1) is 18.6 Å². The molecule has 0 aliphatic heterocycles. The molecule has 36 heavy (non-hydrogen) atoms. The van der Waals surface area contributed by atoms with Crippen LogP contribution in [0.25, 0.3) is 16.6 Å². The fraction of sp³-hybridized carbons (Fsp3) is 0.130. The van der Waals surface area contributed by atoms with Gasteiger partial charge in [-0.2, -0.15) is 0 Å². The highest BCUT2D eigenvalue weighted by Gasteiger charge is 2.27. The Morgan fingerprint density at radius 1 is 1.17 bits per heavy atom. The van der Waals surface area contributed by atoms with E-state index in [9.17, 15) is 22.0 Å². The third-order valence-corrected chi connectivity index (χ3v) is 6.99. The Morgan fingerprint density at radius 2 is 2.00 bits per heavy atom. The Labute approximate surface area is 203 Å². The van der Waals surface area contributed by atoms with Crippen molar-refractivity contribution < 1.29 is 26.5 Å². The van der Waals surface area contributed by atoms with E-state index in [1.165, 1.54) is 23.0 Å². The van der Waals surface area contributed by atoms with Crippen molar-refractivity contribution in [3.8, 4) is 5.69 Å². The molecule has 2 aromatic carbocycles. The van der Waals surface area contributed by atoms with Gasteiger partial charge in [0, 0.05) is 24.9 Å². The molecule has 10 nitrogen and oxygen atoms in total. The SMILES string of the molecule is Cc1cc(NC(=O)CS(=O)(=O)c2cn(Cc3cccc(-n4ccnn4)c3)c3cc(F)cc(F)c23)no1. The molecule has 0 bridgehead atoms. The van der Waals surface area contributed by atoms with Crippen molar-refractivity contribution in [2.75, 3.05) is 11.1 Å². The Balaban J connectivity index is 1.51. The highest BCUT2D eigenvalue weighted by atomic mass is 32.2. The highest BCUT2D eigenvalue weighted by molar-refractivity contribution is 7.92. The molecule has 0 saturated heterocycles. The number of anilines is 1. The zero-order valence-electron chi connectivity index (χ0n) is 18.7. The van der Waals surface area contributed by atoms with Gasteiger partial charge in [0.1, 0.15) is 23.1 Å². The number of rotatable bonds is 7. The van der Waals surface area contributed by atoms with E-state index in [1.807, 2.05) is 0 Å². The summed E-state index contributed by atoms with van der Waals surface area (Å²) in [6, 6.07) is 10.2.